The summed E-state index contributed by atoms with van der Waals surface area (Å²) in [5.41, 5.74) is 8.33. The number of pyridine rings is 1. The summed E-state index contributed by atoms with van der Waals surface area (Å²) in [5.74, 6) is 0.771. The van der Waals surface area contributed by atoms with Crippen LogP contribution in [0.25, 0.3) is 11.3 Å². The van der Waals surface area contributed by atoms with Gasteiger partial charge in [-0.1, -0.05) is 5.16 Å². The van der Waals surface area contributed by atoms with Gasteiger partial charge in [0.25, 0.3) is 0 Å². The first kappa shape index (κ1) is 9.86. The lowest BCUT2D eigenvalue weighted by Crippen LogP contribution is -2.04. The van der Waals surface area contributed by atoms with E-state index >= 15 is 0 Å². The number of aryl methyl sites for hydroxylation is 1. The summed E-state index contributed by atoms with van der Waals surface area (Å²) >= 11 is 0. The van der Waals surface area contributed by atoms with Crippen LogP contribution in [0.15, 0.2) is 28.9 Å². The van der Waals surface area contributed by atoms with E-state index in [2.05, 4.69) is 10.1 Å². The van der Waals surface area contributed by atoms with Gasteiger partial charge >= 0.3 is 0 Å². The van der Waals surface area contributed by atoms with Crippen molar-refractivity contribution in [2.75, 3.05) is 6.54 Å². The number of nitrogens with two attached hydrogens (primary N) is 1. The monoisotopic (exact) mass is 203 g/mol. The van der Waals surface area contributed by atoms with Crippen LogP contribution in [-0.2, 0) is 6.42 Å². The average molecular weight is 203 g/mol. The third-order valence-electron chi connectivity index (χ3n) is 2.13. The molecule has 0 aliphatic heterocycles. The van der Waals surface area contributed by atoms with Crippen molar-refractivity contribution in [3.63, 3.8) is 0 Å². The van der Waals surface area contributed by atoms with Crippen molar-refractivity contribution in [2.24, 2.45) is 5.73 Å². The Morgan fingerprint density at radius 1 is 1.40 bits per heavy atom. The van der Waals surface area contributed by atoms with Crippen molar-refractivity contribution < 1.29 is 4.52 Å². The van der Waals surface area contributed by atoms with E-state index in [0.29, 0.717) is 6.54 Å². The fraction of sp³-hybridized carbons (Fsp3) is 0.273. The SMILES string of the molecule is Cc1cc(-c2ccnc(CCN)c2)on1. The lowest BCUT2D eigenvalue weighted by atomic mass is 10.1. The van der Waals surface area contributed by atoms with Crippen LogP contribution in [0.4, 0.5) is 0 Å². The van der Waals surface area contributed by atoms with Gasteiger partial charge in [0.15, 0.2) is 5.76 Å². The minimum absolute atomic E-state index is 0.603. The molecule has 0 saturated carbocycles. The maximum atomic E-state index is 5.48. The lowest BCUT2D eigenvalue weighted by molar-refractivity contribution is 0.427. The Hall–Kier alpha value is -1.68. The van der Waals surface area contributed by atoms with Crippen LogP contribution >= 0.6 is 0 Å². The van der Waals surface area contributed by atoms with Crippen LogP contribution in [0.1, 0.15) is 11.4 Å². The molecule has 78 valence electrons. The van der Waals surface area contributed by atoms with Crippen molar-refractivity contribution in [3.8, 4) is 11.3 Å². The zero-order valence-corrected chi connectivity index (χ0v) is 8.60. The molecule has 0 aromatic carbocycles. The summed E-state index contributed by atoms with van der Waals surface area (Å²) in [5, 5.41) is 3.85. The molecule has 15 heavy (non-hydrogen) atoms. The maximum Gasteiger partial charge on any atom is 0.167 e. The van der Waals surface area contributed by atoms with E-state index in [9.17, 15) is 0 Å². The Labute approximate surface area is 88.1 Å². The van der Waals surface area contributed by atoms with Crippen LogP contribution < -0.4 is 5.73 Å². The molecule has 2 aromatic rings. The summed E-state index contributed by atoms with van der Waals surface area (Å²) in [7, 11) is 0. The van der Waals surface area contributed by atoms with Gasteiger partial charge in [-0.05, 0) is 25.6 Å². The van der Waals surface area contributed by atoms with E-state index in [1.807, 2.05) is 25.1 Å². The summed E-state index contributed by atoms with van der Waals surface area (Å²) in [6.07, 6.45) is 2.54. The molecule has 0 radical (unpaired) electrons. The molecular weight excluding hydrogens is 190 g/mol. The number of hydrogen-bond donors (Lipinski definition) is 1. The maximum absolute atomic E-state index is 5.48. The number of hydrogen-bond acceptors (Lipinski definition) is 4. The van der Waals surface area contributed by atoms with E-state index in [4.69, 9.17) is 10.3 Å². The normalized spacial score (nSPS) is 10.5. The van der Waals surface area contributed by atoms with Crippen molar-refractivity contribution in [1.82, 2.24) is 10.1 Å². The number of nitrogens with zero attached hydrogens (tertiary/aromatic N) is 2. The van der Waals surface area contributed by atoms with Crippen LogP contribution in [0.2, 0.25) is 0 Å². The molecule has 0 fully saturated rings. The second kappa shape index (κ2) is 4.23. The molecule has 2 heterocycles. The molecular formula is C11H13N3O. The predicted octanol–water partition coefficient (Wildman–Crippen LogP) is 1.55. The highest BCUT2D eigenvalue weighted by Crippen LogP contribution is 2.20. The van der Waals surface area contributed by atoms with Crippen molar-refractivity contribution in [1.29, 1.82) is 0 Å². The van der Waals surface area contributed by atoms with Gasteiger partial charge in [-0.25, -0.2) is 0 Å². The minimum atomic E-state index is 0.603. The van der Waals surface area contributed by atoms with E-state index in [1.165, 1.54) is 0 Å². The Balaban J connectivity index is 2.32. The first-order valence-corrected chi connectivity index (χ1v) is 4.88. The zero-order valence-electron chi connectivity index (χ0n) is 8.60. The molecule has 4 heteroatoms. The first-order chi connectivity index (χ1) is 7.29. The Morgan fingerprint density at radius 2 is 2.27 bits per heavy atom. The average Bonchev–Trinajstić information content (AvgIpc) is 2.66. The largest absolute Gasteiger partial charge is 0.356 e. The smallest absolute Gasteiger partial charge is 0.167 e. The lowest BCUT2D eigenvalue weighted by Gasteiger charge is -1.99. The number of aromatic nitrogens is 2. The summed E-state index contributed by atoms with van der Waals surface area (Å²) in [6.45, 7) is 2.50. The minimum Gasteiger partial charge on any atom is -0.356 e. The third kappa shape index (κ3) is 2.22. The second-order valence-corrected chi connectivity index (χ2v) is 3.41. The molecule has 0 spiro atoms. The molecule has 4 nitrogen and oxygen atoms in total. The van der Waals surface area contributed by atoms with Gasteiger partial charge in [-0.15, -0.1) is 0 Å². The highest BCUT2D eigenvalue weighted by molar-refractivity contribution is 5.57. The summed E-state index contributed by atoms with van der Waals surface area (Å²) in [4.78, 5) is 4.22. The van der Waals surface area contributed by atoms with Crippen molar-refractivity contribution in [2.45, 2.75) is 13.3 Å². The highest BCUT2D eigenvalue weighted by Gasteiger charge is 2.05. The van der Waals surface area contributed by atoms with Gasteiger partial charge in [-0.2, -0.15) is 0 Å². The van der Waals surface area contributed by atoms with Gasteiger partial charge in [0.05, 0.1) is 5.69 Å². The van der Waals surface area contributed by atoms with Gasteiger partial charge in [0, 0.05) is 29.9 Å². The van der Waals surface area contributed by atoms with Gasteiger partial charge in [0.2, 0.25) is 0 Å². The van der Waals surface area contributed by atoms with E-state index in [0.717, 1.165) is 29.1 Å². The molecule has 0 saturated heterocycles. The predicted molar refractivity (Wildman–Crippen MR) is 57.2 cm³/mol. The van der Waals surface area contributed by atoms with Gasteiger partial charge in [0.1, 0.15) is 0 Å². The topological polar surface area (TPSA) is 64.9 Å². The molecule has 2 N–H and O–H groups in total. The van der Waals surface area contributed by atoms with E-state index in [-0.39, 0.29) is 0 Å². The molecule has 0 bridgehead atoms. The van der Waals surface area contributed by atoms with E-state index in [1.54, 1.807) is 6.20 Å². The van der Waals surface area contributed by atoms with Gasteiger partial charge in [-0.3, -0.25) is 4.98 Å². The molecule has 2 rings (SSSR count). The highest BCUT2D eigenvalue weighted by atomic mass is 16.5. The zero-order chi connectivity index (χ0) is 10.7. The van der Waals surface area contributed by atoms with Crippen LogP contribution in [0.3, 0.4) is 0 Å². The molecule has 0 atom stereocenters. The summed E-state index contributed by atoms with van der Waals surface area (Å²) in [6, 6.07) is 5.79. The second-order valence-electron chi connectivity index (χ2n) is 3.41. The quantitative estimate of drug-likeness (QED) is 0.821. The standard InChI is InChI=1S/C11H13N3O/c1-8-6-11(15-14-8)9-3-5-13-10(7-9)2-4-12/h3,5-7H,2,4,12H2,1H3. The van der Waals surface area contributed by atoms with Crippen LogP contribution in [-0.4, -0.2) is 16.7 Å². The van der Waals surface area contributed by atoms with Crippen LogP contribution in [0.5, 0.6) is 0 Å². The first-order valence-electron chi connectivity index (χ1n) is 4.88. The Morgan fingerprint density at radius 3 is 2.93 bits per heavy atom. The summed E-state index contributed by atoms with van der Waals surface area (Å²) < 4.78 is 5.17. The van der Waals surface area contributed by atoms with E-state index < -0.39 is 0 Å². The Bertz CT molecular complexity index is 451. The van der Waals surface area contributed by atoms with Gasteiger partial charge < -0.3 is 10.3 Å². The van der Waals surface area contributed by atoms with Crippen LogP contribution in [0, 0.1) is 6.92 Å². The molecule has 0 amide bonds. The molecule has 2 aromatic heterocycles. The molecule has 0 aliphatic carbocycles. The van der Waals surface area contributed by atoms with Crippen molar-refractivity contribution >= 4 is 0 Å². The Kier molecular flexibility index (Phi) is 2.78. The molecule has 0 aliphatic rings. The van der Waals surface area contributed by atoms with Crippen molar-refractivity contribution in [3.05, 3.63) is 35.8 Å². The number of rotatable bonds is 3. The fourth-order valence-electron chi connectivity index (χ4n) is 1.42. The molecule has 0 unspecified atom stereocenters. The third-order valence-corrected chi connectivity index (χ3v) is 2.13. The fourth-order valence-corrected chi connectivity index (χ4v) is 1.42.